The molecule has 2 heterocycles. The molecule has 2 aromatic carbocycles. The summed E-state index contributed by atoms with van der Waals surface area (Å²) in [5, 5.41) is 12.4. The lowest BCUT2D eigenvalue weighted by Gasteiger charge is -2.26. The van der Waals surface area contributed by atoms with E-state index in [1.807, 2.05) is 54.8 Å². The number of anilines is 1. The molecule has 0 bridgehead atoms. The number of ether oxygens (including phenoxy) is 1. The molecule has 1 fully saturated rings. The average Bonchev–Trinajstić information content (AvgIpc) is 3.20. The first-order chi connectivity index (χ1) is 17.7. The molecule has 0 radical (unpaired) electrons. The first-order valence-corrected chi connectivity index (χ1v) is 13.6. The zero-order valence-electron chi connectivity index (χ0n) is 21.2. The second-order valence-electron chi connectivity index (χ2n) is 8.98. The van der Waals surface area contributed by atoms with Gasteiger partial charge >= 0.3 is 0 Å². The number of nitrogens with zero attached hydrogens (tertiary/aromatic N) is 3. The maximum absolute atomic E-state index is 13.0. The summed E-state index contributed by atoms with van der Waals surface area (Å²) in [5.74, 6) is 0.145. The van der Waals surface area contributed by atoms with Crippen LogP contribution in [-0.4, -0.2) is 43.4 Å². The monoisotopic (exact) mass is 518 g/mol. The van der Waals surface area contributed by atoms with Crippen molar-refractivity contribution in [1.29, 1.82) is 5.26 Å². The number of hydrogen-bond acceptors (Lipinski definition) is 5. The Balaban J connectivity index is 1.57. The largest absolute Gasteiger partial charge is 0.497 e. The van der Waals surface area contributed by atoms with Crippen LogP contribution in [0.4, 0.5) is 5.69 Å². The van der Waals surface area contributed by atoms with Crippen molar-refractivity contribution in [1.82, 2.24) is 8.87 Å². The van der Waals surface area contributed by atoms with Gasteiger partial charge in [-0.2, -0.15) is 9.57 Å². The second-order valence-corrected chi connectivity index (χ2v) is 10.9. The maximum Gasteiger partial charge on any atom is 0.266 e. The van der Waals surface area contributed by atoms with Gasteiger partial charge in [-0.25, -0.2) is 8.42 Å². The van der Waals surface area contributed by atoms with E-state index in [1.165, 1.54) is 16.4 Å². The van der Waals surface area contributed by atoms with Crippen molar-refractivity contribution >= 4 is 27.7 Å². The molecular formula is C28H30N4O4S. The van der Waals surface area contributed by atoms with Gasteiger partial charge in [0, 0.05) is 35.9 Å². The van der Waals surface area contributed by atoms with Gasteiger partial charge in [0.25, 0.3) is 5.91 Å². The summed E-state index contributed by atoms with van der Waals surface area (Å²) in [7, 11) is -2.03. The Labute approximate surface area is 217 Å². The van der Waals surface area contributed by atoms with Gasteiger partial charge in [-0.1, -0.05) is 12.5 Å². The summed E-state index contributed by atoms with van der Waals surface area (Å²) in [5.41, 5.74) is 3.72. The van der Waals surface area contributed by atoms with Crippen molar-refractivity contribution < 1.29 is 17.9 Å². The smallest absolute Gasteiger partial charge is 0.266 e. The van der Waals surface area contributed by atoms with Gasteiger partial charge in [-0.05, 0) is 86.9 Å². The summed E-state index contributed by atoms with van der Waals surface area (Å²) in [6.45, 7) is 4.87. The predicted octanol–water partition coefficient (Wildman–Crippen LogP) is 4.82. The van der Waals surface area contributed by atoms with Crippen molar-refractivity contribution in [3.05, 3.63) is 77.1 Å². The van der Waals surface area contributed by atoms with Crippen LogP contribution in [0.5, 0.6) is 5.75 Å². The minimum absolute atomic E-state index is 0.0840. The second kappa shape index (κ2) is 11.0. The first-order valence-electron chi connectivity index (χ1n) is 12.1. The molecule has 0 atom stereocenters. The van der Waals surface area contributed by atoms with Crippen LogP contribution in [0, 0.1) is 25.2 Å². The van der Waals surface area contributed by atoms with E-state index in [0.717, 1.165) is 47.7 Å². The third-order valence-corrected chi connectivity index (χ3v) is 8.41. The third kappa shape index (κ3) is 5.61. The lowest BCUT2D eigenvalue weighted by molar-refractivity contribution is -0.112. The number of amides is 1. The molecule has 1 aromatic heterocycles. The van der Waals surface area contributed by atoms with Crippen LogP contribution in [0.3, 0.4) is 0 Å². The Morgan fingerprint density at radius 2 is 1.76 bits per heavy atom. The first kappa shape index (κ1) is 26.2. The molecule has 1 N–H and O–H groups in total. The van der Waals surface area contributed by atoms with E-state index in [1.54, 1.807) is 25.3 Å². The number of methoxy groups -OCH3 is 1. The Morgan fingerprint density at radius 1 is 1.05 bits per heavy atom. The fourth-order valence-electron chi connectivity index (χ4n) is 4.55. The molecule has 192 valence electrons. The Bertz CT molecular complexity index is 1480. The van der Waals surface area contributed by atoms with Gasteiger partial charge in [-0.15, -0.1) is 0 Å². The van der Waals surface area contributed by atoms with Crippen molar-refractivity contribution in [3.63, 3.8) is 0 Å². The van der Waals surface area contributed by atoms with E-state index < -0.39 is 15.9 Å². The molecular weight excluding hydrogens is 488 g/mol. The van der Waals surface area contributed by atoms with Gasteiger partial charge in [0.1, 0.15) is 17.4 Å². The molecule has 0 saturated carbocycles. The van der Waals surface area contributed by atoms with Crippen molar-refractivity contribution in [2.45, 2.75) is 38.0 Å². The van der Waals surface area contributed by atoms with Crippen LogP contribution in [0.2, 0.25) is 0 Å². The number of benzene rings is 2. The van der Waals surface area contributed by atoms with Gasteiger partial charge < -0.3 is 14.6 Å². The number of rotatable bonds is 7. The lowest BCUT2D eigenvalue weighted by Crippen LogP contribution is -2.35. The number of nitriles is 1. The van der Waals surface area contributed by atoms with Gasteiger partial charge in [0.2, 0.25) is 10.0 Å². The Morgan fingerprint density at radius 3 is 2.41 bits per heavy atom. The summed E-state index contributed by atoms with van der Waals surface area (Å²) >= 11 is 0. The third-order valence-electron chi connectivity index (χ3n) is 6.51. The van der Waals surface area contributed by atoms with Gasteiger partial charge in [-0.3, -0.25) is 4.79 Å². The van der Waals surface area contributed by atoms with Gasteiger partial charge in [0.15, 0.2) is 0 Å². The molecule has 0 unspecified atom stereocenters. The Hall–Kier alpha value is -3.87. The highest BCUT2D eigenvalue weighted by Gasteiger charge is 2.26. The summed E-state index contributed by atoms with van der Waals surface area (Å²) in [4.78, 5) is 13.1. The normalized spacial score (nSPS) is 14.7. The average molecular weight is 519 g/mol. The molecule has 1 aliphatic heterocycles. The van der Waals surface area contributed by atoms with Crippen LogP contribution in [0.15, 0.2) is 65.1 Å². The lowest BCUT2D eigenvalue weighted by atomic mass is 10.1. The van der Waals surface area contributed by atoms with Crippen molar-refractivity contribution in [3.8, 4) is 17.5 Å². The molecule has 9 heteroatoms. The highest BCUT2D eigenvalue weighted by molar-refractivity contribution is 7.89. The summed E-state index contributed by atoms with van der Waals surface area (Å²) in [6.07, 6.45) is 4.25. The summed E-state index contributed by atoms with van der Waals surface area (Å²) < 4.78 is 34.8. The van der Waals surface area contributed by atoms with E-state index >= 15 is 0 Å². The maximum atomic E-state index is 13.0. The number of nitrogens with one attached hydrogen (secondary N) is 1. The summed E-state index contributed by atoms with van der Waals surface area (Å²) in [6, 6.07) is 17.7. The molecule has 0 spiro atoms. The topological polar surface area (TPSA) is 104 Å². The standard InChI is InChI=1S/C28H30N4O4S/c1-20-16-22(21(2)32(20)25-10-12-26(36-3)13-11-25)17-23(19-29)28(33)30-24-8-7-9-27(18-24)37(34,35)31-14-5-4-6-15-31/h7-13,16-18H,4-6,14-15H2,1-3H3,(H,30,33). The zero-order chi connectivity index (χ0) is 26.6. The highest BCUT2D eigenvalue weighted by Crippen LogP contribution is 2.26. The molecule has 8 nitrogen and oxygen atoms in total. The van der Waals surface area contributed by atoms with Crippen LogP contribution < -0.4 is 10.1 Å². The molecule has 37 heavy (non-hydrogen) atoms. The number of hydrogen-bond donors (Lipinski definition) is 1. The van der Waals surface area contributed by atoms with E-state index in [9.17, 15) is 18.5 Å². The molecule has 1 amide bonds. The molecule has 1 aliphatic rings. The SMILES string of the molecule is COc1ccc(-n2c(C)cc(C=C(C#N)C(=O)Nc3cccc(S(=O)(=O)N4CCCCC4)c3)c2C)cc1. The molecule has 1 saturated heterocycles. The molecule has 3 aromatic rings. The van der Waals surface area contributed by atoms with E-state index in [0.29, 0.717) is 18.8 Å². The minimum Gasteiger partial charge on any atom is -0.497 e. The number of aryl methyl sites for hydroxylation is 1. The highest BCUT2D eigenvalue weighted by atomic mass is 32.2. The van der Waals surface area contributed by atoms with Crippen LogP contribution >= 0.6 is 0 Å². The van der Waals surface area contributed by atoms with Gasteiger partial charge in [0.05, 0.1) is 12.0 Å². The van der Waals surface area contributed by atoms with E-state index in [4.69, 9.17) is 4.74 Å². The quantitative estimate of drug-likeness (QED) is 0.357. The number of carbonyl (C=O) groups is 1. The van der Waals surface area contributed by atoms with Crippen LogP contribution in [-0.2, 0) is 14.8 Å². The number of carbonyl (C=O) groups excluding carboxylic acids is 1. The molecule has 4 rings (SSSR count). The van der Waals surface area contributed by atoms with Crippen molar-refractivity contribution in [2.24, 2.45) is 0 Å². The van der Waals surface area contributed by atoms with E-state index in [-0.39, 0.29) is 10.5 Å². The van der Waals surface area contributed by atoms with Crippen LogP contribution in [0.25, 0.3) is 11.8 Å². The predicted molar refractivity (Wildman–Crippen MR) is 143 cm³/mol. The van der Waals surface area contributed by atoms with Crippen molar-refractivity contribution in [2.75, 3.05) is 25.5 Å². The fraction of sp³-hybridized carbons (Fsp3) is 0.286. The van der Waals surface area contributed by atoms with Crippen LogP contribution in [0.1, 0.15) is 36.2 Å². The van der Waals surface area contributed by atoms with E-state index in [2.05, 4.69) is 5.32 Å². The zero-order valence-corrected chi connectivity index (χ0v) is 22.0. The number of sulfonamides is 1. The fourth-order valence-corrected chi connectivity index (χ4v) is 6.12. The number of aromatic nitrogens is 1. The minimum atomic E-state index is -3.64. The Kier molecular flexibility index (Phi) is 7.81. The molecule has 0 aliphatic carbocycles. The number of piperidine rings is 1.